The normalized spacial score (nSPS) is 22.7. The average molecular weight is 450 g/mol. The van der Waals surface area contributed by atoms with Crippen molar-refractivity contribution in [2.24, 2.45) is 0 Å². The SMILES string of the molecule is CC(CN1C(=O)c2cc3sccc3n2CC1(C)C(=O)NC1CCCCC1)c1ccccc1. The van der Waals surface area contributed by atoms with E-state index < -0.39 is 5.54 Å². The van der Waals surface area contributed by atoms with E-state index in [1.54, 1.807) is 11.3 Å². The van der Waals surface area contributed by atoms with Gasteiger partial charge >= 0.3 is 0 Å². The van der Waals surface area contributed by atoms with Gasteiger partial charge < -0.3 is 14.8 Å². The van der Waals surface area contributed by atoms with Gasteiger partial charge in [-0.05, 0) is 48.8 Å². The summed E-state index contributed by atoms with van der Waals surface area (Å²) < 4.78 is 3.15. The van der Waals surface area contributed by atoms with E-state index in [4.69, 9.17) is 0 Å². The Kier molecular flexibility index (Phi) is 5.58. The maximum absolute atomic E-state index is 13.8. The van der Waals surface area contributed by atoms with Crippen LogP contribution in [-0.2, 0) is 11.3 Å². The Morgan fingerprint density at radius 2 is 1.94 bits per heavy atom. The van der Waals surface area contributed by atoms with Gasteiger partial charge in [0.15, 0.2) is 0 Å². The summed E-state index contributed by atoms with van der Waals surface area (Å²) in [6, 6.07) is 14.5. The summed E-state index contributed by atoms with van der Waals surface area (Å²) in [4.78, 5) is 29.4. The molecule has 1 aliphatic heterocycles. The third-order valence-corrected chi connectivity index (χ3v) is 8.16. The Balaban J connectivity index is 1.50. The molecule has 5 rings (SSSR count). The van der Waals surface area contributed by atoms with Crippen LogP contribution in [-0.4, -0.2) is 39.4 Å². The number of carbonyl (C=O) groups is 2. The molecule has 0 spiro atoms. The zero-order chi connectivity index (χ0) is 22.3. The second kappa shape index (κ2) is 8.39. The second-order valence-corrected chi connectivity index (χ2v) is 10.5. The van der Waals surface area contributed by atoms with Gasteiger partial charge in [-0.25, -0.2) is 0 Å². The Hall–Kier alpha value is -2.60. The minimum atomic E-state index is -0.932. The number of carbonyl (C=O) groups excluding carboxylic acids is 2. The van der Waals surface area contributed by atoms with Crippen LogP contribution >= 0.6 is 11.3 Å². The van der Waals surface area contributed by atoms with Crippen molar-refractivity contribution < 1.29 is 9.59 Å². The Morgan fingerprint density at radius 3 is 2.69 bits per heavy atom. The van der Waals surface area contributed by atoms with Crippen LogP contribution in [0.2, 0.25) is 0 Å². The van der Waals surface area contributed by atoms with Crippen molar-refractivity contribution in [1.82, 2.24) is 14.8 Å². The van der Waals surface area contributed by atoms with Gasteiger partial charge in [0, 0.05) is 12.6 Å². The van der Waals surface area contributed by atoms with Gasteiger partial charge in [-0.3, -0.25) is 9.59 Å². The molecule has 1 fully saturated rings. The van der Waals surface area contributed by atoms with Crippen LogP contribution in [0.25, 0.3) is 10.2 Å². The molecule has 0 bridgehead atoms. The van der Waals surface area contributed by atoms with Gasteiger partial charge in [0.25, 0.3) is 5.91 Å². The van der Waals surface area contributed by atoms with Gasteiger partial charge in [-0.15, -0.1) is 11.3 Å². The van der Waals surface area contributed by atoms with Gasteiger partial charge in [-0.2, -0.15) is 0 Å². The summed E-state index contributed by atoms with van der Waals surface area (Å²) in [7, 11) is 0. The van der Waals surface area contributed by atoms with E-state index in [-0.39, 0.29) is 23.8 Å². The minimum absolute atomic E-state index is 0.0271. The van der Waals surface area contributed by atoms with E-state index >= 15 is 0 Å². The van der Waals surface area contributed by atoms with E-state index in [1.807, 2.05) is 41.5 Å². The van der Waals surface area contributed by atoms with Crippen molar-refractivity contribution in [1.29, 1.82) is 0 Å². The van der Waals surface area contributed by atoms with Gasteiger partial charge in [-0.1, -0.05) is 56.5 Å². The zero-order valence-corrected chi connectivity index (χ0v) is 19.7. The van der Waals surface area contributed by atoms with Gasteiger partial charge in [0.2, 0.25) is 5.91 Å². The van der Waals surface area contributed by atoms with Crippen LogP contribution in [0.5, 0.6) is 0 Å². The molecule has 0 radical (unpaired) electrons. The van der Waals surface area contributed by atoms with Crippen molar-refractivity contribution in [2.45, 2.75) is 70.0 Å². The maximum atomic E-state index is 13.8. The molecule has 3 heterocycles. The summed E-state index contributed by atoms with van der Waals surface area (Å²) in [5, 5.41) is 5.36. The molecule has 1 aromatic carbocycles. The minimum Gasteiger partial charge on any atom is -0.351 e. The highest BCUT2D eigenvalue weighted by atomic mass is 32.1. The zero-order valence-electron chi connectivity index (χ0n) is 18.8. The molecular formula is C26H31N3O2S. The lowest BCUT2D eigenvalue weighted by atomic mass is 9.89. The number of hydrogen-bond acceptors (Lipinski definition) is 3. The number of thiophene rings is 1. The summed E-state index contributed by atoms with van der Waals surface area (Å²) in [5.74, 6) is 0.0500. The van der Waals surface area contributed by atoms with Crippen LogP contribution in [0.15, 0.2) is 47.8 Å². The first-order valence-electron chi connectivity index (χ1n) is 11.7. The average Bonchev–Trinajstić information content (AvgIpc) is 3.40. The van der Waals surface area contributed by atoms with E-state index in [9.17, 15) is 9.59 Å². The van der Waals surface area contributed by atoms with E-state index in [1.165, 1.54) is 12.0 Å². The lowest BCUT2D eigenvalue weighted by Gasteiger charge is -2.45. The quantitative estimate of drug-likeness (QED) is 0.584. The monoisotopic (exact) mass is 449 g/mol. The Labute approximate surface area is 193 Å². The molecule has 3 aromatic rings. The molecule has 2 unspecified atom stereocenters. The van der Waals surface area contributed by atoms with Crippen molar-refractivity contribution >= 4 is 33.4 Å². The van der Waals surface area contributed by atoms with Gasteiger partial charge in [0.05, 0.1) is 16.8 Å². The van der Waals surface area contributed by atoms with Crippen molar-refractivity contribution in [3.8, 4) is 0 Å². The molecule has 2 aromatic heterocycles. The summed E-state index contributed by atoms with van der Waals surface area (Å²) in [6.45, 7) is 5.07. The molecule has 1 N–H and O–H groups in total. The van der Waals surface area contributed by atoms with E-state index in [0.29, 0.717) is 18.8 Å². The van der Waals surface area contributed by atoms with Crippen LogP contribution < -0.4 is 5.32 Å². The Bertz CT molecular complexity index is 1130. The predicted octanol–water partition coefficient (Wildman–Crippen LogP) is 5.17. The largest absolute Gasteiger partial charge is 0.351 e. The molecule has 5 nitrogen and oxygen atoms in total. The Morgan fingerprint density at radius 1 is 1.19 bits per heavy atom. The fourth-order valence-corrected chi connectivity index (χ4v) is 6.13. The van der Waals surface area contributed by atoms with Crippen molar-refractivity contribution in [3.05, 3.63) is 59.1 Å². The number of nitrogens with one attached hydrogen (secondary N) is 1. The third kappa shape index (κ3) is 3.64. The number of rotatable bonds is 5. The predicted molar refractivity (Wildman–Crippen MR) is 129 cm³/mol. The fourth-order valence-electron chi connectivity index (χ4n) is 5.31. The molecule has 6 heteroatoms. The number of nitrogens with zero attached hydrogens (tertiary/aromatic N) is 2. The van der Waals surface area contributed by atoms with Crippen LogP contribution in [0, 0.1) is 0 Å². The summed E-state index contributed by atoms with van der Waals surface area (Å²) in [6.07, 6.45) is 5.62. The molecule has 1 saturated carbocycles. The smallest absolute Gasteiger partial charge is 0.271 e. The van der Waals surface area contributed by atoms with Crippen molar-refractivity contribution in [3.63, 3.8) is 0 Å². The maximum Gasteiger partial charge on any atom is 0.271 e. The molecule has 2 amide bonds. The number of benzene rings is 1. The molecule has 0 saturated heterocycles. The number of hydrogen-bond donors (Lipinski definition) is 1. The molecule has 168 valence electrons. The first-order chi connectivity index (χ1) is 15.5. The number of aromatic nitrogens is 1. The van der Waals surface area contributed by atoms with Crippen LogP contribution in [0.3, 0.4) is 0 Å². The summed E-state index contributed by atoms with van der Waals surface area (Å²) >= 11 is 1.64. The molecule has 2 atom stereocenters. The fraction of sp³-hybridized carbons (Fsp3) is 0.462. The lowest BCUT2D eigenvalue weighted by molar-refractivity contribution is -0.133. The molecular weight excluding hydrogens is 418 g/mol. The summed E-state index contributed by atoms with van der Waals surface area (Å²) in [5.41, 5.74) is 1.98. The highest BCUT2D eigenvalue weighted by Gasteiger charge is 2.48. The number of fused-ring (bicyclic) bond motifs is 3. The van der Waals surface area contributed by atoms with E-state index in [0.717, 1.165) is 35.9 Å². The molecule has 1 aliphatic carbocycles. The van der Waals surface area contributed by atoms with Gasteiger partial charge in [0.1, 0.15) is 11.2 Å². The third-order valence-electron chi connectivity index (χ3n) is 7.30. The second-order valence-electron chi connectivity index (χ2n) is 9.60. The standard InChI is InChI=1S/C26H31N3O2S/c1-18(19-9-5-3-6-10-19)16-29-24(30)22-15-23-21(13-14-32-23)28(22)17-26(29,2)25(31)27-20-11-7-4-8-12-20/h3,5-6,9-10,13-15,18,20H,4,7-8,11-12,16-17H2,1-2H3,(H,27,31). The first kappa shape index (κ1) is 21.3. The highest BCUT2D eigenvalue weighted by Crippen LogP contribution is 2.36. The van der Waals surface area contributed by atoms with Crippen molar-refractivity contribution in [2.75, 3.05) is 6.54 Å². The molecule has 2 aliphatic rings. The number of amides is 2. The highest BCUT2D eigenvalue weighted by molar-refractivity contribution is 7.17. The topological polar surface area (TPSA) is 54.3 Å². The van der Waals surface area contributed by atoms with Crippen LogP contribution in [0.1, 0.15) is 67.9 Å². The van der Waals surface area contributed by atoms with Crippen LogP contribution in [0.4, 0.5) is 0 Å². The first-order valence-corrected chi connectivity index (χ1v) is 12.6. The molecule has 32 heavy (non-hydrogen) atoms. The lowest BCUT2D eigenvalue weighted by Crippen LogP contribution is -2.65. The van der Waals surface area contributed by atoms with E-state index in [2.05, 4.69) is 35.0 Å².